The molecule has 2 aromatic heterocycles. The first-order valence-electron chi connectivity index (χ1n) is 23.5. The number of fused-ring (bicyclic) bond motifs is 3. The maximum absolute atomic E-state index is 15.8. The number of carbonyl (C=O) groups is 3. The summed E-state index contributed by atoms with van der Waals surface area (Å²) in [5.41, 5.74) is 5.17. The monoisotopic (exact) mass is 996 g/mol. The van der Waals surface area contributed by atoms with Crippen LogP contribution in [0.4, 0.5) is 22.0 Å². The minimum absolute atomic E-state index is 0.0523. The van der Waals surface area contributed by atoms with Crippen LogP contribution in [0.3, 0.4) is 0 Å². The van der Waals surface area contributed by atoms with Gasteiger partial charge < -0.3 is 39.8 Å². The average Bonchev–Trinajstić information content (AvgIpc) is 4.02. The van der Waals surface area contributed by atoms with Crippen molar-refractivity contribution >= 4 is 40.0 Å². The fourth-order valence-electron chi connectivity index (χ4n) is 9.22. The van der Waals surface area contributed by atoms with Crippen LogP contribution in [0, 0.1) is 24.0 Å². The molecular weight excluding hydrogens is 936 g/mol. The van der Waals surface area contributed by atoms with Gasteiger partial charge in [0.25, 0.3) is 0 Å². The number of aromatic nitrogens is 2. The number of hydrogen-bond donors (Lipinski definition) is 4. The quantitative estimate of drug-likeness (QED) is 0.0446. The predicted octanol–water partition coefficient (Wildman–Crippen LogP) is 8.17. The summed E-state index contributed by atoms with van der Waals surface area (Å²) in [5.74, 6) is -3.50. The number of ether oxygens (including phenoxy) is 3. The maximum atomic E-state index is 15.8. The Labute approximate surface area is 408 Å². The van der Waals surface area contributed by atoms with Crippen molar-refractivity contribution < 1.29 is 55.7 Å². The lowest BCUT2D eigenvalue weighted by molar-refractivity contribution is -0.155. The van der Waals surface area contributed by atoms with E-state index in [1.54, 1.807) is 56.7 Å². The standard InChI is InChI=1S/C51H61F5N6O7S/c1-30-21-37-36-11-7-8-12-40(36)59-44(37)45(62(30)28-51(54,55)56)43-38(52)23-35(24-39(43)53)69-18-10-6-9-17-67-19-20-68-27-42(64)60-47(50(3,4)5)49(66)61-26-34(63)22-41(61)48(65)57-25-32-13-15-33(16-14-32)46-31(2)58-29-70-46/h7-8,11-16,23-24,29-30,34,41,45,47,59,63H,6,9-10,17-22,25-28H2,1-5H3,(H,57,65)(H,60,64)/t30-,34-,41+,45-,47-/m1/s1. The molecule has 5 aromatic rings. The van der Waals surface area contributed by atoms with Gasteiger partial charge in [-0.3, -0.25) is 19.3 Å². The lowest BCUT2D eigenvalue weighted by atomic mass is 9.85. The lowest BCUT2D eigenvalue weighted by Gasteiger charge is -2.41. The number of thiazole rings is 1. The first kappa shape index (κ1) is 52.4. The molecule has 3 amide bonds. The van der Waals surface area contributed by atoms with Gasteiger partial charge in [0.15, 0.2) is 0 Å². The van der Waals surface area contributed by atoms with Crippen molar-refractivity contribution in [2.24, 2.45) is 5.41 Å². The summed E-state index contributed by atoms with van der Waals surface area (Å²) in [4.78, 5) is 51.3. The summed E-state index contributed by atoms with van der Waals surface area (Å²) in [5, 5.41) is 17.0. The number of rotatable bonds is 20. The molecule has 4 heterocycles. The molecule has 5 atom stereocenters. The summed E-state index contributed by atoms with van der Waals surface area (Å²) < 4.78 is 89.9. The highest BCUT2D eigenvalue weighted by atomic mass is 32.1. The zero-order chi connectivity index (χ0) is 50.3. The molecule has 1 saturated heterocycles. The number of H-pyrrole nitrogens is 1. The molecule has 0 bridgehead atoms. The third kappa shape index (κ3) is 12.9. The summed E-state index contributed by atoms with van der Waals surface area (Å²) >= 11 is 1.55. The number of hydrogen-bond acceptors (Lipinski definition) is 10. The lowest BCUT2D eigenvalue weighted by Crippen LogP contribution is -2.58. The summed E-state index contributed by atoms with van der Waals surface area (Å²) in [7, 11) is 0. The van der Waals surface area contributed by atoms with Crippen molar-refractivity contribution in [3.8, 4) is 16.2 Å². The van der Waals surface area contributed by atoms with Crippen molar-refractivity contribution in [2.75, 3.05) is 46.1 Å². The van der Waals surface area contributed by atoms with E-state index < -0.39 is 83.3 Å². The number of para-hydroxylation sites is 1. The summed E-state index contributed by atoms with van der Waals surface area (Å²) in [6.45, 7) is 8.25. The molecule has 1 fully saturated rings. The molecule has 4 N–H and O–H groups in total. The van der Waals surface area contributed by atoms with Gasteiger partial charge in [-0.25, -0.2) is 13.8 Å². The van der Waals surface area contributed by atoms with Crippen LogP contribution in [0.15, 0.2) is 66.2 Å². The van der Waals surface area contributed by atoms with Crippen molar-refractivity contribution in [2.45, 2.75) is 110 Å². The van der Waals surface area contributed by atoms with Crippen molar-refractivity contribution in [3.63, 3.8) is 0 Å². The predicted molar refractivity (Wildman–Crippen MR) is 255 cm³/mol. The van der Waals surface area contributed by atoms with E-state index in [-0.39, 0.29) is 58.1 Å². The van der Waals surface area contributed by atoms with Crippen LogP contribution in [0.25, 0.3) is 21.3 Å². The highest BCUT2D eigenvalue weighted by molar-refractivity contribution is 7.13. The van der Waals surface area contributed by atoms with Gasteiger partial charge >= 0.3 is 6.18 Å². The van der Waals surface area contributed by atoms with Crippen molar-refractivity contribution in [1.29, 1.82) is 0 Å². The number of likely N-dealkylation sites (tertiary alicyclic amines) is 1. The van der Waals surface area contributed by atoms with Gasteiger partial charge in [-0.05, 0) is 67.7 Å². The smallest absolute Gasteiger partial charge is 0.401 e. The Morgan fingerprint density at radius 2 is 1.66 bits per heavy atom. The second kappa shape index (κ2) is 22.7. The van der Waals surface area contributed by atoms with E-state index in [9.17, 15) is 32.7 Å². The Balaban J connectivity index is 0.808. The maximum Gasteiger partial charge on any atom is 0.401 e. The summed E-state index contributed by atoms with van der Waals surface area (Å²) in [6, 6.07) is 13.1. The first-order chi connectivity index (χ1) is 33.3. The topological polar surface area (TPSA) is 158 Å². The molecule has 0 spiro atoms. The van der Waals surface area contributed by atoms with E-state index in [0.29, 0.717) is 37.1 Å². The molecule has 0 saturated carbocycles. The van der Waals surface area contributed by atoms with Gasteiger partial charge in [0.2, 0.25) is 17.7 Å². The van der Waals surface area contributed by atoms with Gasteiger partial charge in [0, 0.05) is 66.5 Å². The van der Waals surface area contributed by atoms with Crippen LogP contribution in [0.5, 0.6) is 5.75 Å². The molecule has 2 aliphatic heterocycles. The van der Waals surface area contributed by atoms with E-state index in [1.165, 1.54) is 4.90 Å². The fourth-order valence-corrected chi connectivity index (χ4v) is 10.0. The molecule has 0 unspecified atom stereocenters. The van der Waals surface area contributed by atoms with E-state index in [0.717, 1.165) is 49.7 Å². The minimum atomic E-state index is -4.60. The third-order valence-corrected chi connectivity index (χ3v) is 13.7. The number of amides is 3. The van der Waals surface area contributed by atoms with Gasteiger partial charge in [0.05, 0.1) is 54.6 Å². The number of nitrogens with one attached hydrogen (secondary N) is 3. The molecule has 3 aromatic carbocycles. The summed E-state index contributed by atoms with van der Waals surface area (Å²) in [6.07, 6.45) is -3.34. The molecule has 378 valence electrons. The fraction of sp³-hybridized carbons (Fsp3) is 0.490. The number of β-amino-alcohol motifs (C(OH)–C–C–N with tert-alkyl or cyclic N) is 1. The number of aliphatic hydroxyl groups excluding tert-OH is 1. The number of alkyl halides is 3. The molecule has 0 aliphatic carbocycles. The number of benzene rings is 3. The molecular formula is C51H61F5N6O7S. The third-order valence-electron chi connectivity index (χ3n) is 12.7. The number of carbonyl (C=O) groups excluding carboxylic acids is 3. The van der Waals surface area contributed by atoms with Gasteiger partial charge in [-0.2, -0.15) is 13.2 Å². The molecule has 13 nitrogen and oxygen atoms in total. The zero-order valence-corrected chi connectivity index (χ0v) is 40.8. The van der Waals surface area contributed by atoms with Crippen LogP contribution in [0.1, 0.15) is 87.5 Å². The Kier molecular flexibility index (Phi) is 17.0. The van der Waals surface area contributed by atoms with Crippen molar-refractivity contribution in [3.05, 3.63) is 106 Å². The Morgan fingerprint density at radius 3 is 2.34 bits per heavy atom. The first-order valence-corrected chi connectivity index (χ1v) is 24.4. The van der Waals surface area contributed by atoms with Crippen LogP contribution >= 0.6 is 11.3 Å². The number of aromatic amines is 1. The van der Waals surface area contributed by atoms with Crippen molar-refractivity contribution in [1.82, 2.24) is 30.4 Å². The number of nitrogens with zero attached hydrogens (tertiary/aromatic N) is 3. The Morgan fingerprint density at radius 1 is 0.957 bits per heavy atom. The van der Waals surface area contributed by atoms with Crippen LogP contribution in [-0.2, 0) is 36.8 Å². The van der Waals surface area contributed by atoms with E-state index >= 15 is 8.78 Å². The van der Waals surface area contributed by atoms with Gasteiger partial charge in [-0.1, -0.05) is 63.2 Å². The minimum Gasteiger partial charge on any atom is -0.493 e. The molecule has 7 rings (SSSR count). The number of aryl methyl sites for hydroxylation is 1. The Hall–Kier alpha value is -5.47. The number of unbranched alkanes of at least 4 members (excludes halogenated alkanes) is 2. The highest BCUT2D eigenvalue weighted by Gasteiger charge is 2.46. The average molecular weight is 997 g/mol. The molecule has 0 radical (unpaired) electrons. The van der Waals surface area contributed by atoms with E-state index in [1.807, 2.05) is 43.3 Å². The second-order valence-corrected chi connectivity index (χ2v) is 20.0. The number of halogens is 5. The molecule has 2 aliphatic rings. The normalized spacial score (nSPS) is 19.0. The largest absolute Gasteiger partial charge is 0.493 e. The van der Waals surface area contributed by atoms with Gasteiger partial charge in [-0.15, -0.1) is 11.3 Å². The van der Waals surface area contributed by atoms with Crippen LogP contribution in [-0.4, -0.2) is 119 Å². The Bertz CT molecular complexity index is 2580. The van der Waals surface area contributed by atoms with Gasteiger partial charge in [0.1, 0.15) is 36.1 Å². The number of aliphatic hydroxyl groups is 1. The molecule has 19 heteroatoms. The highest BCUT2D eigenvalue weighted by Crippen LogP contribution is 2.44. The van der Waals surface area contributed by atoms with E-state index in [4.69, 9.17) is 14.2 Å². The zero-order valence-electron chi connectivity index (χ0n) is 40.0. The molecule has 70 heavy (non-hydrogen) atoms. The second-order valence-electron chi connectivity index (χ2n) is 19.1. The SMILES string of the molecule is Cc1ncsc1-c1ccc(CNC(=O)[C@@H]2C[C@@H](O)CN2C(=O)[C@@H](NC(=O)COCCOCCCCCOc2cc(F)c([C@@H]3c4[nH]c5ccccc5c4C[C@@H](C)N3CC(F)(F)F)c(F)c2)C(C)(C)C)cc1. The van der Waals surface area contributed by atoms with Crippen LogP contribution < -0.4 is 15.4 Å². The van der Waals surface area contributed by atoms with Crippen LogP contribution in [0.2, 0.25) is 0 Å². The van der Waals surface area contributed by atoms with E-state index in [2.05, 4.69) is 20.6 Å².